The molecule has 0 saturated heterocycles. The van der Waals surface area contributed by atoms with Crippen LogP contribution >= 0.6 is 11.6 Å². The fraction of sp³-hybridized carbons (Fsp3) is 0.316. The lowest BCUT2D eigenvalue weighted by Crippen LogP contribution is -2.36. The Morgan fingerprint density at radius 1 is 1.21 bits per heavy atom. The van der Waals surface area contributed by atoms with Gasteiger partial charge in [-0.1, -0.05) is 29.8 Å². The summed E-state index contributed by atoms with van der Waals surface area (Å²) >= 11 is 6.07. The number of anilines is 2. The van der Waals surface area contributed by atoms with Crippen LogP contribution in [0.1, 0.15) is 16.7 Å². The van der Waals surface area contributed by atoms with Gasteiger partial charge in [-0.25, -0.2) is 4.79 Å². The number of aryl methyl sites for hydroxylation is 1. The van der Waals surface area contributed by atoms with Crippen molar-refractivity contribution >= 4 is 29.0 Å². The second-order valence-corrected chi connectivity index (χ2v) is 6.51. The van der Waals surface area contributed by atoms with Gasteiger partial charge in [0.1, 0.15) is 0 Å². The van der Waals surface area contributed by atoms with Crippen molar-refractivity contribution in [2.75, 3.05) is 29.9 Å². The van der Waals surface area contributed by atoms with Gasteiger partial charge in [0.05, 0.1) is 0 Å². The van der Waals surface area contributed by atoms with Crippen LogP contribution in [0.4, 0.5) is 16.2 Å². The molecule has 2 aromatic carbocycles. The van der Waals surface area contributed by atoms with Gasteiger partial charge in [-0.3, -0.25) is 0 Å². The summed E-state index contributed by atoms with van der Waals surface area (Å²) in [5, 5.41) is 6.42. The highest BCUT2D eigenvalue weighted by atomic mass is 35.5. The molecule has 4 nitrogen and oxygen atoms in total. The summed E-state index contributed by atoms with van der Waals surface area (Å²) in [6.07, 6.45) is 1.08. The third kappa shape index (κ3) is 3.49. The molecule has 126 valence electrons. The van der Waals surface area contributed by atoms with Crippen LogP contribution in [-0.2, 0) is 6.42 Å². The zero-order valence-electron chi connectivity index (χ0n) is 14.0. The summed E-state index contributed by atoms with van der Waals surface area (Å²) < 4.78 is 0. The van der Waals surface area contributed by atoms with Gasteiger partial charge >= 0.3 is 6.03 Å². The van der Waals surface area contributed by atoms with Crippen LogP contribution in [0.25, 0.3) is 0 Å². The normalized spacial score (nSPS) is 12.9. The molecule has 24 heavy (non-hydrogen) atoms. The molecule has 1 aliphatic heterocycles. The maximum absolute atomic E-state index is 12.1. The topological polar surface area (TPSA) is 44.4 Å². The first-order chi connectivity index (χ1) is 11.6. The average Bonchev–Trinajstić information content (AvgIpc) is 2.97. The number of carbonyl (C=O) groups excluding carboxylic acids is 1. The van der Waals surface area contributed by atoms with Crippen molar-refractivity contribution in [1.82, 2.24) is 5.32 Å². The van der Waals surface area contributed by atoms with Crippen LogP contribution in [-0.4, -0.2) is 25.7 Å². The van der Waals surface area contributed by atoms with Crippen molar-refractivity contribution in [2.45, 2.75) is 20.3 Å². The van der Waals surface area contributed by atoms with E-state index in [0.29, 0.717) is 11.6 Å². The van der Waals surface area contributed by atoms with E-state index in [2.05, 4.69) is 40.7 Å². The first-order valence-electron chi connectivity index (χ1n) is 8.19. The van der Waals surface area contributed by atoms with Crippen molar-refractivity contribution in [1.29, 1.82) is 0 Å². The van der Waals surface area contributed by atoms with E-state index in [0.717, 1.165) is 30.8 Å². The minimum Gasteiger partial charge on any atom is -0.369 e. The van der Waals surface area contributed by atoms with Crippen LogP contribution in [0.5, 0.6) is 0 Å². The first-order valence-corrected chi connectivity index (χ1v) is 8.57. The van der Waals surface area contributed by atoms with Gasteiger partial charge in [0.2, 0.25) is 0 Å². The zero-order chi connectivity index (χ0) is 17.1. The molecule has 0 saturated carbocycles. The van der Waals surface area contributed by atoms with Crippen molar-refractivity contribution in [2.24, 2.45) is 0 Å². The van der Waals surface area contributed by atoms with Crippen LogP contribution in [0.2, 0.25) is 5.02 Å². The largest absolute Gasteiger partial charge is 0.369 e. The van der Waals surface area contributed by atoms with E-state index < -0.39 is 0 Å². The molecule has 0 atom stereocenters. The predicted molar refractivity (Wildman–Crippen MR) is 100 cm³/mol. The van der Waals surface area contributed by atoms with Crippen molar-refractivity contribution in [3.05, 3.63) is 58.1 Å². The number of nitrogens with zero attached hydrogens (tertiary/aromatic N) is 1. The molecule has 0 radical (unpaired) electrons. The Morgan fingerprint density at radius 3 is 2.83 bits per heavy atom. The van der Waals surface area contributed by atoms with E-state index in [1.807, 2.05) is 25.1 Å². The smallest absolute Gasteiger partial charge is 0.319 e. The van der Waals surface area contributed by atoms with Crippen molar-refractivity contribution < 1.29 is 4.79 Å². The van der Waals surface area contributed by atoms with E-state index >= 15 is 0 Å². The molecular weight excluding hydrogens is 322 g/mol. The maximum Gasteiger partial charge on any atom is 0.319 e. The number of hydrogen-bond donors (Lipinski definition) is 2. The monoisotopic (exact) mass is 343 g/mol. The lowest BCUT2D eigenvalue weighted by atomic mass is 10.1. The average molecular weight is 344 g/mol. The molecule has 3 rings (SSSR count). The molecule has 2 aromatic rings. The van der Waals surface area contributed by atoms with Gasteiger partial charge in [-0.2, -0.15) is 0 Å². The van der Waals surface area contributed by atoms with Gasteiger partial charge in [0, 0.05) is 36.0 Å². The Bertz CT molecular complexity index is 760. The van der Waals surface area contributed by atoms with E-state index in [1.54, 1.807) is 0 Å². The highest BCUT2D eigenvalue weighted by Crippen LogP contribution is 2.29. The van der Waals surface area contributed by atoms with Gasteiger partial charge in [-0.05, 0) is 55.2 Å². The van der Waals surface area contributed by atoms with Crippen molar-refractivity contribution in [3.63, 3.8) is 0 Å². The maximum atomic E-state index is 12.1. The number of nitrogens with one attached hydrogen (secondary N) is 2. The minimum atomic E-state index is -0.205. The fourth-order valence-corrected chi connectivity index (χ4v) is 3.30. The quantitative estimate of drug-likeness (QED) is 0.876. The Labute approximate surface area is 147 Å². The summed E-state index contributed by atoms with van der Waals surface area (Å²) in [5.74, 6) is 0. The molecule has 0 aliphatic carbocycles. The Morgan fingerprint density at radius 2 is 2.00 bits per heavy atom. The van der Waals surface area contributed by atoms with Gasteiger partial charge in [0.25, 0.3) is 0 Å². The molecule has 0 bridgehead atoms. The molecule has 5 heteroatoms. The van der Waals surface area contributed by atoms with E-state index in [9.17, 15) is 4.79 Å². The van der Waals surface area contributed by atoms with E-state index in [-0.39, 0.29) is 6.03 Å². The van der Waals surface area contributed by atoms with Crippen LogP contribution in [0.15, 0.2) is 36.4 Å². The molecule has 2 amide bonds. The van der Waals surface area contributed by atoms with Crippen LogP contribution in [0, 0.1) is 13.8 Å². The number of benzene rings is 2. The number of rotatable bonds is 4. The standard InChI is InChI=1S/C19H22ClN3O/c1-13-5-3-8-18-15(13)9-11-23(18)12-10-21-19(24)22-17-7-4-6-16(20)14(17)2/h3-8H,9-12H2,1-2H3,(H2,21,22,24). The van der Waals surface area contributed by atoms with Gasteiger partial charge in [0.15, 0.2) is 0 Å². The second kappa shape index (κ2) is 7.14. The SMILES string of the molecule is Cc1cccc2c1CCN2CCNC(=O)Nc1cccc(Cl)c1C. The number of fused-ring (bicyclic) bond motifs is 1. The zero-order valence-corrected chi connectivity index (χ0v) is 14.8. The van der Waals surface area contributed by atoms with Crippen molar-refractivity contribution in [3.8, 4) is 0 Å². The fourth-order valence-electron chi connectivity index (χ4n) is 3.12. The number of amides is 2. The van der Waals surface area contributed by atoms with Gasteiger partial charge in [-0.15, -0.1) is 0 Å². The highest BCUT2D eigenvalue weighted by Gasteiger charge is 2.19. The minimum absolute atomic E-state index is 0.205. The number of hydrogen-bond acceptors (Lipinski definition) is 2. The number of halogens is 1. The first kappa shape index (κ1) is 16.7. The molecule has 0 aromatic heterocycles. The summed E-state index contributed by atoms with van der Waals surface area (Å²) in [6, 6.07) is 11.7. The highest BCUT2D eigenvalue weighted by molar-refractivity contribution is 6.31. The number of urea groups is 1. The Hall–Kier alpha value is -2.20. The molecule has 0 spiro atoms. The molecule has 1 aliphatic rings. The van der Waals surface area contributed by atoms with Crippen LogP contribution in [0.3, 0.4) is 0 Å². The number of carbonyl (C=O) groups is 1. The molecule has 2 N–H and O–H groups in total. The molecular formula is C19H22ClN3O. The van der Waals surface area contributed by atoms with Crippen LogP contribution < -0.4 is 15.5 Å². The van der Waals surface area contributed by atoms with Gasteiger partial charge < -0.3 is 15.5 Å². The third-order valence-corrected chi connectivity index (χ3v) is 4.95. The summed E-state index contributed by atoms with van der Waals surface area (Å²) in [4.78, 5) is 14.4. The second-order valence-electron chi connectivity index (χ2n) is 6.10. The molecule has 0 unspecified atom stereocenters. The lowest BCUT2D eigenvalue weighted by molar-refractivity contribution is 0.252. The molecule has 1 heterocycles. The predicted octanol–water partition coefficient (Wildman–Crippen LogP) is 4.14. The summed E-state index contributed by atoms with van der Waals surface area (Å²) in [7, 11) is 0. The van der Waals surface area contributed by atoms with E-state index in [1.165, 1.54) is 16.8 Å². The Kier molecular flexibility index (Phi) is 4.95. The Balaban J connectivity index is 1.52. The molecule has 0 fully saturated rings. The lowest BCUT2D eigenvalue weighted by Gasteiger charge is -2.20. The summed E-state index contributed by atoms with van der Waals surface area (Å²) in [5.41, 5.74) is 5.68. The third-order valence-electron chi connectivity index (χ3n) is 4.54. The summed E-state index contributed by atoms with van der Waals surface area (Å²) in [6.45, 7) is 6.46. The van der Waals surface area contributed by atoms with E-state index in [4.69, 9.17) is 11.6 Å².